The second-order valence-electron chi connectivity index (χ2n) is 6.60. The van der Waals surface area contributed by atoms with Crippen molar-refractivity contribution in [1.29, 1.82) is 0 Å². The highest BCUT2D eigenvalue weighted by Gasteiger charge is 2.23. The molecule has 2 aromatic carbocycles. The highest BCUT2D eigenvalue weighted by molar-refractivity contribution is 5.92. The summed E-state index contributed by atoms with van der Waals surface area (Å²) in [6.45, 7) is 5.39. The first-order valence-corrected chi connectivity index (χ1v) is 9.10. The first-order valence-electron chi connectivity index (χ1n) is 9.10. The summed E-state index contributed by atoms with van der Waals surface area (Å²) in [4.78, 5) is 13.7. The maximum atomic E-state index is 11.3. The molecule has 0 aliphatic carbocycles. The van der Waals surface area contributed by atoms with Crippen LogP contribution in [0.4, 0.5) is 0 Å². The highest BCUT2D eigenvalue weighted by atomic mass is 16.5. The highest BCUT2D eigenvalue weighted by Crippen LogP contribution is 2.44. The summed E-state index contributed by atoms with van der Waals surface area (Å²) in [6, 6.07) is 13.5. The first kappa shape index (κ1) is 18.2. The van der Waals surface area contributed by atoms with Crippen LogP contribution in [-0.4, -0.2) is 35.6 Å². The largest absolute Gasteiger partial charge is 0.478 e. The van der Waals surface area contributed by atoms with E-state index in [1.807, 2.05) is 24.3 Å². The molecule has 2 aromatic rings. The third-order valence-corrected chi connectivity index (χ3v) is 5.10. The number of para-hydroxylation sites is 1. The van der Waals surface area contributed by atoms with Crippen LogP contribution in [0.15, 0.2) is 48.5 Å². The van der Waals surface area contributed by atoms with E-state index in [9.17, 15) is 9.90 Å². The van der Waals surface area contributed by atoms with Gasteiger partial charge >= 0.3 is 5.97 Å². The topological polar surface area (TPSA) is 49.8 Å². The molecule has 1 unspecified atom stereocenters. The van der Waals surface area contributed by atoms with Gasteiger partial charge in [-0.3, -0.25) is 0 Å². The first-order chi connectivity index (χ1) is 12.5. The second-order valence-corrected chi connectivity index (χ2v) is 6.60. The Morgan fingerprint density at radius 1 is 1.15 bits per heavy atom. The van der Waals surface area contributed by atoms with Gasteiger partial charge in [-0.2, -0.15) is 0 Å². The molecule has 0 aromatic heterocycles. The zero-order valence-corrected chi connectivity index (χ0v) is 15.5. The predicted octanol–water partition coefficient (Wildman–Crippen LogP) is 5.04. The summed E-state index contributed by atoms with van der Waals surface area (Å²) in [6.07, 6.45) is 4.28. The van der Waals surface area contributed by atoms with Crippen molar-refractivity contribution in [3.8, 4) is 11.5 Å². The number of hydrogen-bond acceptors (Lipinski definition) is 3. The lowest BCUT2D eigenvalue weighted by molar-refractivity contribution is 0.0696. The van der Waals surface area contributed by atoms with Crippen LogP contribution in [0.25, 0.3) is 5.57 Å². The minimum Gasteiger partial charge on any atom is -0.478 e. The van der Waals surface area contributed by atoms with Crippen LogP contribution in [-0.2, 0) is 0 Å². The predicted molar refractivity (Wildman–Crippen MR) is 104 cm³/mol. The Kier molecular flexibility index (Phi) is 5.43. The molecule has 1 atom stereocenters. The molecule has 4 nitrogen and oxygen atoms in total. The molecule has 0 radical (unpaired) electrons. The fourth-order valence-corrected chi connectivity index (χ4v) is 3.39. The molecular weight excluding hydrogens is 326 g/mol. The van der Waals surface area contributed by atoms with Crippen LogP contribution >= 0.6 is 0 Å². The quantitative estimate of drug-likeness (QED) is 0.676. The van der Waals surface area contributed by atoms with Crippen molar-refractivity contribution in [2.75, 3.05) is 13.6 Å². The lowest BCUT2D eigenvalue weighted by Crippen LogP contribution is -2.30. The lowest BCUT2D eigenvalue weighted by atomic mass is 9.91. The van der Waals surface area contributed by atoms with Gasteiger partial charge in [0.25, 0.3) is 0 Å². The van der Waals surface area contributed by atoms with Crippen LogP contribution in [0.3, 0.4) is 0 Å². The third-order valence-electron chi connectivity index (χ3n) is 5.10. The van der Waals surface area contributed by atoms with Gasteiger partial charge in [0, 0.05) is 17.2 Å². The molecule has 1 aliphatic rings. The number of fused-ring (bicyclic) bond motifs is 2. The average Bonchev–Trinajstić information content (AvgIpc) is 2.66. The molecule has 0 fully saturated rings. The SMILES string of the molecule is CCC(C/C=C1\c2ccccc2Oc2cc(C(=O)O)ccc21)N(C)CC. The lowest BCUT2D eigenvalue weighted by Gasteiger charge is -2.27. The van der Waals surface area contributed by atoms with E-state index < -0.39 is 5.97 Å². The molecule has 0 bridgehead atoms. The van der Waals surface area contributed by atoms with Crippen LogP contribution in [0, 0.1) is 0 Å². The summed E-state index contributed by atoms with van der Waals surface area (Å²) in [5.41, 5.74) is 3.35. The summed E-state index contributed by atoms with van der Waals surface area (Å²) in [5.74, 6) is 0.425. The summed E-state index contributed by atoms with van der Waals surface area (Å²) < 4.78 is 5.99. The Hall–Kier alpha value is -2.59. The van der Waals surface area contributed by atoms with Gasteiger partial charge in [-0.25, -0.2) is 4.79 Å². The van der Waals surface area contributed by atoms with Crippen molar-refractivity contribution in [3.63, 3.8) is 0 Å². The molecule has 1 heterocycles. The van der Waals surface area contributed by atoms with Crippen molar-refractivity contribution < 1.29 is 14.6 Å². The summed E-state index contributed by atoms with van der Waals surface area (Å²) in [7, 11) is 2.15. The molecule has 0 saturated heterocycles. The van der Waals surface area contributed by atoms with E-state index in [0.717, 1.165) is 41.8 Å². The van der Waals surface area contributed by atoms with Crippen molar-refractivity contribution in [3.05, 3.63) is 65.2 Å². The second kappa shape index (κ2) is 7.75. The molecule has 26 heavy (non-hydrogen) atoms. The van der Waals surface area contributed by atoms with Gasteiger partial charge in [-0.1, -0.05) is 38.1 Å². The normalized spacial score (nSPS) is 15.3. The van der Waals surface area contributed by atoms with Crippen LogP contribution in [0.5, 0.6) is 11.5 Å². The van der Waals surface area contributed by atoms with Gasteiger partial charge in [0.2, 0.25) is 0 Å². The Labute approximate surface area is 154 Å². The van der Waals surface area contributed by atoms with Gasteiger partial charge in [0.05, 0.1) is 5.56 Å². The van der Waals surface area contributed by atoms with Gasteiger partial charge in [0.15, 0.2) is 0 Å². The Morgan fingerprint density at radius 3 is 2.58 bits per heavy atom. The number of hydrogen-bond donors (Lipinski definition) is 1. The number of nitrogens with zero attached hydrogens (tertiary/aromatic N) is 1. The molecule has 1 aliphatic heterocycles. The fraction of sp³-hybridized carbons (Fsp3) is 0.318. The average molecular weight is 351 g/mol. The van der Waals surface area contributed by atoms with E-state index in [1.165, 1.54) is 0 Å². The Morgan fingerprint density at radius 2 is 1.88 bits per heavy atom. The van der Waals surface area contributed by atoms with Gasteiger partial charge in [-0.05, 0) is 56.3 Å². The minimum atomic E-state index is -0.948. The molecule has 3 rings (SSSR count). The smallest absolute Gasteiger partial charge is 0.335 e. The van der Waals surface area contributed by atoms with E-state index in [0.29, 0.717) is 11.8 Å². The molecule has 4 heteroatoms. The van der Waals surface area contributed by atoms with E-state index in [2.05, 4.69) is 37.9 Å². The van der Waals surface area contributed by atoms with Gasteiger partial charge in [0.1, 0.15) is 11.5 Å². The number of aromatic carboxylic acids is 1. The number of carboxylic acid groups (broad SMARTS) is 1. The number of ether oxygens (including phenoxy) is 1. The zero-order chi connectivity index (χ0) is 18.7. The molecular formula is C22H25NO3. The van der Waals surface area contributed by atoms with Gasteiger partial charge < -0.3 is 14.7 Å². The van der Waals surface area contributed by atoms with Crippen LogP contribution in [0.2, 0.25) is 0 Å². The van der Waals surface area contributed by atoms with Crippen molar-refractivity contribution >= 4 is 11.5 Å². The molecule has 0 saturated carbocycles. The molecule has 1 N–H and O–H groups in total. The fourth-order valence-electron chi connectivity index (χ4n) is 3.39. The van der Waals surface area contributed by atoms with Crippen molar-refractivity contribution in [2.45, 2.75) is 32.7 Å². The maximum Gasteiger partial charge on any atom is 0.335 e. The van der Waals surface area contributed by atoms with Crippen LogP contribution in [0.1, 0.15) is 48.2 Å². The van der Waals surface area contributed by atoms with Crippen molar-refractivity contribution in [2.24, 2.45) is 0 Å². The summed E-state index contributed by atoms with van der Waals surface area (Å²) >= 11 is 0. The maximum absolute atomic E-state index is 11.3. The Balaban J connectivity index is 2.04. The van der Waals surface area contributed by atoms with E-state index in [1.54, 1.807) is 12.1 Å². The monoisotopic (exact) mass is 351 g/mol. The Bertz CT molecular complexity index is 841. The number of carboxylic acids is 1. The third kappa shape index (κ3) is 3.51. The number of rotatable bonds is 6. The number of carbonyl (C=O) groups is 1. The summed E-state index contributed by atoms with van der Waals surface area (Å²) in [5, 5.41) is 9.27. The molecule has 0 spiro atoms. The standard InChI is InChI=1S/C22H25NO3/c1-4-16(23(3)5-2)11-13-17-18-8-6-7-9-20(18)26-21-14-15(22(24)25)10-12-19(17)21/h6-10,12-14,16H,4-5,11H2,1-3H3,(H,24,25)/b17-13+. The van der Waals surface area contributed by atoms with E-state index in [4.69, 9.17) is 4.74 Å². The minimum absolute atomic E-state index is 0.236. The van der Waals surface area contributed by atoms with Gasteiger partial charge in [-0.15, -0.1) is 0 Å². The molecule has 0 amide bonds. The van der Waals surface area contributed by atoms with Crippen molar-refractivity contribution in [1.82, 2.24) is 4.90 Å². The molecule has 136 valence electrons. The van der Waals surface area contributed by atoms with Crippen LogP contribution < -0.4 is 4.74 Å². The van der Waals surface area contributed by atoms with E-state index >= 15 is 0 Å². The zero-order valence-electron chi connectivity index (χ0n) is 15.5. The number of benzene rings is 2. The van der Waals surface area contributed by atoms with E-state index in [-0.39, 0.29) is 5.56 Å².